The van der Waals surface area contributed by atoms with Crippen LogP contribution >= 0.6 is 0 Å². The van der Waals surface area contributed by atoms with Gasteiger partial charge in [-0.15, -0.1) is 0 Å². The van der Waals surface area contributed by atoms with Gasteiger partial charge in [-0.25, -0.2) is 0 Å². The third-order valence-electron chi connectivity index (χ3n) is 5.47. The molecule has 1 N–H and O–H groups in total. The predicted octanol–water partition coefficient (Wildman–Crippen LogP) is 3.67. The van der Waals surface area contributed by atoms with E-state index in [2.05, 4.69) is 64.4 Å². The van der Waals surface area contributed by atoms with E-state index in [1.807, 2.05) is 6.07 Å². The van der Waals surface area contributed by atoms with Gasteiger partial charge in [-0.3, -0.25) is 14.6 Å². The zero-order valence-electron chi connectivity index (χ0n) is 16.0. The fraction of sp³-hybridized carbons (Fsp3) is 0.435. The molecule has 4 heteroatoms. The summed E-state index contributed by atoms with van der Waals surface area (Å²) in [7, 11) is 0. The quantitative estimate of drug-likeness (QED) is 0.735. The number of hydrogen-bond acceptors (Lipinski definition) is 3. The minimum absolute atomic E-state index is 0.221. The van der Waals surface area contributed by atoms with E-state index in [4.69, 9.17) is 5.11 Å². The van der Waals surface area contributed by atoms with Crippen LogP contribution in [0.1, 0.15) is 30.4 Å². The van der Waals surface area contributed by atoms with Gasteiger partial charge < -0.3 is 5.11 Å². The van der Waals surface area contributed by atoms with E-state index in [1.54, 1.807) is 0 Å². The summed E-state index contributed by atoms with van der Waals surface area (Å²) < 4.78 is 0. The number of hydrogen-bond donors (Lipinski definition) is 1. The lowest BCUT2D eigenvalue weighted by atomic mass is 10.0. The van der Waals surface area contributed by atoms with Crippen LogP contribution in [-0.2, 0) is 17.8 Å². The van der Waals surface area contributed by atoms with Crippen molar-refractivity contribution in [2.24, 2.45) is 0 Å². The van der Waals surface area contributed by atoms with Gasteiger partial charge in [-0.1, -0.05) is 60.7 Å². The lowest BCUT2D eigenvalue weighted by molar-refractivity contribution is -0.137. The van der Waals surface area contributed by atoms with Crippen molar-refractivity contribution < 1.29 is 9.90 Å². The molecule has 144 valence electrons. The van der Waals surface area contributed by atoms with Crippen LogP contribution in [0.5, 0.6) is 0 Å². The Morgan fingerprint density at radius 1 is 0.926 bits per heavy atom. The first-order valence-electron chi connectivity index (χ1n) is 9.97. The highest BCUT2D eigenvalue weighted by Gasteiger charge is 2.24. The van der Waals surface area contributed by atoms with Crippen LogP contribution < -0.4 is 0 Å². The van der Waals surface area contributed by atoms with Gasteiger partial charge in [0.15, 0.2) is 0 Å². The average molecular weight is 367 g/mol. The molecular formula is C23H30N2O2. The summed E-state index contributed by atoms with van der Waals surface area (Å²) in [4.78, 5) is 16.0. The number of carboxylic acids is 1. The maximum absolute atomic E-state index is 11.1. The number of rotatable bonds is 9. The minimum atomic E-state index is -0.707. The van der Waals surface area contributed by atoms with E-state index >= 15 is 0 Å². The highest BCUT2D eigenvalue weighted by atomic mass is 16.4. The van der Waals surface area contributed by atoms with Crippen molar-refractivity contribution in [2.45, 2.75) is 38.3 Å². The van der Waals surface area contributed by atoms with E-state index < -0.39 is 5.97 Å². The van der Waals surface area contributed by atoms with Crippen molar-refractivity contribution >= 4 is 5.97 Å². The second kappa shape index (κ2) is 10.2. The van der Waals surface area contributed by atoms with Crippen LogP contribution in [0.25, 0.3) is 0 Å². The van der Waals surface area contributed by atoms with E-state index in [-0.39, 0.29) is 6.42 Å². The topological polar surface area (TPSA) is 43.8 Å². The van der Waals surface area contributed by atoms with Gasteiger partial charge in [0.1, 0.15) is 0 Å². The molecule has 1 saturated heterocycles. The zero-order valence-corrected chi connectivity index (χ0v) is 16.0. The lowest BCUT2D eigenvalue weighted by Crippen LogP contribution is -2.46. The predicted molar refractivity (Wildman–Crippen MR) is 109 cm³/mol. The number of likely N-dealkylation sites (tertiary alicyclic amines) is 1. The Morgan fingerprint density at radius 2 is 1.52 bits per heavy atom. The van der Waals surface area contributed by atoms with Crippen molar-refractivity contribution in [2.75, 3.05) is 26.2 Å². The Balaban J connectivity index is 1.52. The first-order chi connectivity index (χ1) is 13.2. The Hall–Kier alpha value is -2.17. The molecule has 0 saturated carbocycles. The molecule has 1 fully saturated rings. The van der Waals surface area contributed by atoms with Crippen molar-refractivity contribution in [1.29, 1.82) is 0 Å². The fourth-order valence-corrected chi connectivity index (χ4v) is 3.92. The summed E-state index contributed by atoms with van der Waals surface area (Å²) in [5, 5.41) is 9.12. The third kappa shape index (κ3) is 6.49. The van der Waals surface area contributed by atoms with Crippen LogP contribution in [0.2, 0.25) is 0 Å². The molecule has 0 spiro atoms. The maximum Gasteiger partial charge on any atom is 0.304 e. The van der Waals surface area contributed by atoms with Crippen molar-refractivity contribution in [1.82, 2.24) is 9.80 Å². The molecule has 0 aromatic heterocycles. The Kier molecular flexibility index (Phi) is 7.43. The number of carboxylic acid groups (broad SMARTS) is 1. The second-order valence-corrected chi connectivity index (χ2v) is 7.41. The number of carbonyl (C=O) groups is 1. The van der Waals surface area contributed by atoms with Crippen molar-refractivity contribution in [3.63, 3.8) is 0 Å². The minimum Gasteiger partial charge on any atom is -0.481 e. The van der Waals surface area contributed by atoms with E-state index in [9.17, 15) is 4.79 Å². The van der Waals surface area contributed by atoms with Gasteiger partial charge >= 0.3 is 5.97 Å². The molecule has 2 aromatic carbocycles. The smallest absolute Gasteiger partial charge is 0.304 e. The third-order valence-corrected chi connectivity index (χ3v) is 5.47. The highest BCUT2D eigenvalue weighted by molar-refractivity contribution is 5.66. The molecule has 1 heterocycles. The SMILES string of the molecule is O=C(O)CCN(CCc1ccccc1)C1CCN(Cc2ccccc2)CC1. The van der Waals surface area contributed by atoms with Crippen LogP contribution in [0.4, 0.5) is 0 Å². The molecule has 0 bridgehead atoms. The first kappa shape index (κ1) is 19.6. The Bertz CT molecular complexity index is 682. The van der Waals surface area contributed by atoms with E-state index in [0.717, 1.165) is 45.4 Å². The molecule has 2 aromatic rings. The van der Waals surface area contributed by atoms with Crippen LogP contribution in [-0.4, -0.2) is 53.1 Å². The fourth-order valence-electron chi connectivity index (χ4n) is 3.92. The Morgan fingerprint density at radius 3 is 2.11 bits per heavy atom. The monoisotopic (exact) mass is 366 g/mol. The Labute approximate surface area is 162 Å². The van der Waals surface area contributed by atoms with Gasteiger partial charge in [-0.05, 0) is 43.5 Å². The molecular weight excluding hydrogens is 336 g/mol. The summed E-state index contributed by atoms with van der Waals surface area (Å²) in [6, 6.07) is 21.6. The normalized spacial score (nSPS) is 15.9. The van der Waals surface area contributed by atoms with Gasteiger partial charge in [0.2, 0.25) is 0 Å². The molecule has 1 aliphatic heterocycles. The van der Waals surface area contributed by atoms with Gasteiger partial charge in [0.05, 0.1) is 6.42 Å². The highest BCUT2D eigenvalue weighted by Crippen LogP contribution is 2.19. The van der Waals surface area contributed by atoms with E-state index in [1.165, 1.54) is 11.1 Å². The van der Waals surface area contributed by atoms with Gasteiger partial charge in [0.25, 0.3) is 0 Å². The standard InChI is InChI=1S/C23H30N2O2/c26-23(27)14-18-25(17-11-20-7-3-1-4-8-20)22-12-15-24(16-13-22)19-21-9-5-2-6-10-21/h1-10,22H,11-19H2,(H,26,27). The van der Waals surface area contributed by atoms with Gasteiger partial charge in [-0.2, -0.15) is 0 Å². The van der Waals surface area contributed by atoms with Crippen LogP contribution in [0, 0.1) is 0 Å². The van der Waals surface area contributed by atoms with E-state index in [0.29, 0.717) is 12.6 Å². The lowest BCUT2D eigenvalue weighted by Gasteiger charge is -2.38. The maximum atomic E-state index is 11.1. The average Bonchev–Trinajstić information content (AvgIpc) is 2.70. The molecule has 3 rings (SSSR count). The van der Waals surface area contributed by atoms with Crippen LogP contribution in [0.15, 0.2) is 60.7 Å². The summed E-state index contributed by atoms with van der Waals surface area (Å²) in [6.07, 6.45) is 3.42. The van der Waals surface area contributed by atoms with Crippen LogP contribution in [0.3, 0.4) is 0 Å². The van der Waals surface area contributed by atoms with Crippen molar-refractivity contribution in [3.8, 4) is 0 Å². The molecule has 0 unspecified atom stereocenters. The molecule has 0 atom stereocenters. The number of benzene rings is 2. The van der Waals surface area contributed by atoms with Crippen molar-refractivity contribution in [3.05, 3.63) is 71.8 Å². The number of piperidine rings is 1. The zero-order chi connectivity index (χ0) is 18.9. The number of aliphatic carboxylic acids is 1. The van der Waals surface area contributed by atoms with Gasteiger partial charge in [0, 0.05) is 25.7 Å². The molecule has 0 amide bonds. The summed E-state index contributed by atoms with van der Waals surface area (Å²) in [5.74, 6) is -0.707. The molecule has 1 aliphatic rings. The summed E-state index contributed by atoms with van der Waals surface area (Å²) in [6.45, 7) is 4.74. The molecule has 0 aliphatic carbocycles. The molecule has 27 heavy (non-hydrogen) atoms. The largest absolute Gasteiger partial charge is 0.481 e. The molecule has 0 radical (unpaired) electrons. The first-order valence-corrected chi connectivity index (χ1v) is 9.97. The second-order valence-electron chi connectivity index (χ2n) is 7.41. The summed E-state index contributed by atoms with van der Waals surface area (Å²) in [5.41, 5.74) is 2.68. The summed E-state index contributed by atoms with van der Waals surface area (Å²) >= 11 is 0. The molecule has 4 nitrogen and oxygen atoms in total. The number of nitrogens with zero attached hydrogens (tertiary/aromatic N) is 2.